The summed E-state index contributed by atoms with van der Waals surface area (Å²) in [6, 6.07) is 8.32. The minimum atomic E-state index is -0.277. The number of aromatic amines is 1. The zero-order valence-corrected chi connectivity index (χ0v) is 20.7. The molecule has 0 radical (unpaired) electrons. The van der Waals surface area contributed by atoms with Gasteiger partial charge in [-0.05, 0) is 57.5 Å². The van der Waals surface area contributed by atoms with Gasteiger partial charge >= 0.3 is 0 Å². The standard InChI is InChI=1S/C25H28ClN5O4/c1-4-31(5-2)23(33)15-35-21-8-6-18(14-20(21)26)29-22(32)9-7-19-16(3)28-24(30-25(19)34)17-10-12-27-13-11-17/h6,8,10-14H,4-5,7,9,15H2,1-3H3,(H,29,32)(H,28,30,34). The number of hydrogen-bond donors (Lipinski definition) is 2. The first-order valence-corrected chi connectivity index (χ1v) is 11.7. The van der Waals surface area contributed by atoms with E-state index in [0.717, 1.165) is 5.56 Å². The van der Waals surface area contributed by atoms with Crippen molar-refractivity contribution in [1.82, 2.24) is 19.9 Å². The lowest BCUT2D eigenvalue weighted by Crippen LogP contribution is -2.34. The molecule has 2 amide bonds. The van der Waals surface area contributed by atoms with Gasteiger partial charge in [-0.3, -0.25) is 19.4 Å². The van der Waals surface area contributed by atoms with E-state index in [1.807, 2.05) is 13.8 Å². The van der Waals surface area contributed by atoms with Crippen molar-refractivity contribution < 1.29 is 14.3 Å². The molecule has 9 nitrogen and oxygen atoms in total. The number of nitrogens with one attached hydrogen (secondary N) is 2. The lowest BCUT2D eigenvalue weighted by molar-refractivity contribution is -0.133. The molecule has 0 aliphatic rings. The third kappa shape index (κ3) is 6.89. The van der Waals surface area contributed by atoms with Gasteiger partial charge in [0, 0.05) is 54.4 Å². The summed E-state index contributed by atoms with van der Waals surface area (Å²) in [6.07, 6.45) is 3.58. The number of pyridine rings is 1. The first kappa shape index (κ1) is 25.9. The average molecular weight is 498 g/mol. The third-order valence-electron chi connectivity index (χ3n) is 5.46. The highest BCUT2D eigenvalue weighted by Crippen LogP contribution is 2.28. The Balaban J connectivity index is 1.58. The molecule has 3 rings (SSSR count). The molecule has 35 heavy (non-hydrogen) atoms. The lowest BCUT2D eigenvalue weighted by Gasteiger charge is -2.19. The number of amides is 2. The Bertz CT molecular complexity index is 1240. The van der Waals surface area contributed by atoms with E-state index in [4.69, 9.17) is 16.3 Å². The Morgan fingerprint density at radius 1 is 1.14 bits per heavy atom. The molecule has 0 atom stereocenters. The maximum atomic E-state index is 12.6. The maximum absolute atomic E-state index is 12.6. The smallest absolute Gasteiger partial charge is 0.260 e. The fourth-order valence-electron chi connectivity index (χ4n) is 3.52. The number of aryl methyl sites for hydroxylation is 1. The third-order valence-corrected chi connectivity index (χ3v) is 5.76. The molecule has 0 saturated carbocycles. The number of rotatable bonds is 10. The monoisotopic (exact) mass is 497 g/mol. The minimum Gasteiger partial charge on any atom is -0.482 e. The average Bonchev–Trinajstić information content (AvgIpc) is 2.84. The van der Waals surface area contributed by atoms with Crippen molar-refractivity contribution in [3.8, 4) is 17.1 Å². The fourth-order valence-corrected chi connectivity index (χ4v) is 3.75. The van der Waals surface area contributed by atoms with E-state index in [2.05, 4.69) is 20.3 Å². The largest absolute Gasteiger partial charge is 0.482 e. The van der Waals surface area contributed by atoms with E-state index < -0.39 is 0 Å². The van der Waals surface area contributed by atoms with E-state index in [9.17, 15) is 14.4 Å². The summed E-state index contributed by atoms with van der Waals surface area (Å²) < 4.78 is 5.53. The highest BCUT2D eigenvalue weighted by Gasteiger charge is 2.14. The van der Waals surface area contributed by atoms with Crippen molar-refractivity contribution in [2.24, 2.45) is 0 Å². The topological polar surface area (TPSA) is 117 Å². The Morgan fingerprint density at radius 3 is 2.49 bits per heavy atom. The van der Waals surface area contributed by atoms with Crippen molar-refractivity contribution in [2.75, 3.05) is 25.0 Å². The zero-order valence-electron chi connectivity index (χ0n) is 19.9. The van der Waals surface area contributed by atoms with Crippen molar-refractivity contribution in [1.29, 1.82) is 0 Å². The number of aromatic nitrogens is 3. The second-order valence-electron chi connectivity index (χ2n) is 7.76. The molecule has 184 valence electrons. The number of carbonyl (C=O) groups is 2. The molecule has 10 heteroatoms. The number of hydrogen-bond acceptors (Lipinski definition) is 6. The summed E-state index contributed by atoms with van der Waals surface area (Å²) in [5, 5.41) is 3.04. The van der Waals surface area contributed by atoms with Crippen molar-refractivity contribution in [3.05, 3.63) is 69.4 Å². The molecule has 0 spiro atoms. The van der Waals surface area contributed by atoms with Gasteiger partial charge in [-0.15, -0.1) is 0 Å². The van der Waals surface area contributed by atoms with E-state index in [0.29, 0.717) is 41.6 Å². The molecule has 0 saturated heterocycles. The summed E-state index contributed by atoms with van der Waals surface area (Å²) in [4.78, 5) is 50.0. The van der Waals surface area contributed by atoms with Gasteiger partial charge in [-0.1, -0.05) is 11.6 Å². The van der Waals surface area contributed by atoms with Crippen LogP contribution < -0.4 is 15.6 Å². The summed E-state index contributed by atoms with van der Waals surface area (Å²) in [5.41, 5.74) is 1.99. The van der Waals surface area contributed by atoms with Crippen LogP contribution >= 0.6 is 11.6 Å². The van der Waals surface area contributed by atoms with Gasteiger partial charge in [0.25, 0.3) is 11.5 Å². The van der Waals surface area contributed by atoms with Gasteiger partial charge in [0.2, 0.25) is 5.91 Å². The van der Waals surface area contributed by atoms with Crippen molar-refractivity contribution >= 4 is 29.1 Å². The molecule has 1 aromatic carbocycles. The molecule has 2 heterocycles. The lowest BCUT2D eigenvalue weighted by atomic mass is 10.1. The Labute approximate surface area is 208 Å². The van der Waals surface area contributed by atoms with Crippen LogP contribution in [0.5, 0.6) is 5.75 Å². The fraction of sp³-hybridized carbons (Fsp3) is 0.320. The van der Waals surface area contributed by atoms with Crippen LogP contribution in [0.25, 0.3) is 11.4 Å². The highest BCUT2D eigenvalue weighted by atomic mass is 35.5. The molecule has 3 aromatic rings. The van der Waals surface area contributed by atoms with Crippen LogP contribution in [0.15, 0.2) is 47.5 Å². The minimum absolute atomic E-state index is 0.0917. The zero-order chi connectivity index (χ0) is 25.4. The molecule has 0 aliphatic carbocycles. The number of benzene rings is 1. The molecule has 0 unspecified atom stereocenters. The maximum Gasteiger partial charge on any atom is 0.260 e. The van der Waals surface area contributed by atoms with Crippen LogP contribution in [-0.4, -0.2) is 51.4 Å². The molecular weight excluding hydrogens is 470 g/mol. The first-order chi connectivity index (χ1) is 16.8. The Kier molecular flexibility index (Phi) is 8.97. The quantitative estimate of drug-likeness (QED) is 0.442. The summed E-state index contributed by atoms with van der Waals surface area (Å²) >= 11 is 6.26. The number of halogens is 1. The first-order valence-electron chi connectivity index (χ1n) is 11.3. The van der Waals surface area contributed by atoms with Crippen molar-refractivity contribution in [3.63, 3.8) is 0 Å². The van der Waals surface area contributed by atoms with Gasteiger partial charge in [0.1, 0.15) is 11.6 Å². The van der Waals surface area contributed by atoms with Gasteiger partial charge in [-0.25, -0.2) is 4.98 Å². The summed E-state index contributed by atoms with van der Waals surface area (Å²) in [5.74, 6) is 0.409. The highest BCUT2D eigenvalue weighted by molar-refractivity contribution is 6.32. The molecule has 0 fully saturated rings. The predicted octanol–water partition coefficient (Wildman–Crippen LogP) is 3.61. The number of nitrogens with zero attached hydrogens (tertiary/aromatic N) is 3. The van der Waals surface area contributed by atoms with E-state index in [1.165, 1.54) is 0 Å². The van der Waals surface area contributed by atoms with E-state index in [1.54, 1.807) is 54.5 Å². The van der Waals surface area contributed by atoms with Crippen LogP contribution in [0.4, 0.5) is 5.69 Å². The van der Waals surface area contributed by atoms with Crippen LogP contribution in [0.3, 0.4) is 0 Å². The molecule has 0 bridgehead atoms. The number of H-pyrrole nitrogens is 1. The molecule has 2 aromatic heterocycles. The van der Waals surface area contributed by atoms with Gasteiger partial charge < -0.3 is 19.9 Å². The molecule has 2 N–H and O–H groups in total. The second kappa shape index (κ2) is 12.1. The second-order valence-corrected chi connectivity index (χ2v) is 8.17. The number of anilines is 1. The van der Waals surface area contributed by atoms with E-state index >= 15 is 0 Å². The van der Waals surface area contributed by atoms with Crippen LogP contribution in [0.2, 0.25) is 5.02 Å². The summed E-state index contributed by atoms with van der Waals surface area (Å²) in [7, 11) is 0. The number of ether oxygens (including phenoxy) is 1. The summed E-state index contributed by atoms with van der Waals surface area (Å²) in [6.45, 7) is 6.64. The molecule has 0 aliphatic heterocycles. The van der Waals surface area contributed by atoms with Crippen LogP contribution in [0, 0.1) is 6.92 Å². The Morgan fingerprint density at radius 2 is 1.86 bits per heavy atom. The van der Waals surface area contributed by atoms with Gasteiger partial charge in [0.15, 0.2) is 6.61 Å². The number of likely N-dealkylation sites (N-methyl/N-ethyl adjacent to an activating group) is 1. The normalized spacial score (nSPS) is 10.6. The van der Waals surface area contributed by atoms with E-state index in [-0.39, 0.29) is 41.8 Å². The number of carbonyl (C=O) groups excluding carboxylic acids is 2. The van der Waals surface area contributed by atoms with Gasteiger partial charge in [0.05, 0.1) is 5.02 Å². The molecular formula is C25H28ClN5O4. The van der Waals surface area contributed by atoms with Crippen molar-refractivity contribution in [2.45, 2.75) is 33.6 Å². The van der Waals surface area contributed by atoms with Crippen LogP contribution in [-0.2, 0) is 16.0 Å². The van der Waals surface area contributed by atoms with Gasteiger partial charge in [-0.2, -0.15) is 0 Å². The Hall–Kier alpha value is -3.72. The van der Waals surface area contributed by atoms with Crippen LogP contribution in [0.1, 0.15) is 31.5 Å². The predicted molar refractivity (Wildman–Crippen MR) is 135 cm³/mol. The SMILES string of the molecule is CCN(CC)C(=O)COc1ccc(NC(=O)CCc2c(C)nc(-c3ccncc3)[nH]c2=O)cc1Cl.